The van der Waals surface area contributed by atoms with E-state index in [1.54, 1.807) is 0 Å². The molecule has 2 N–H and O–H groups in total. The zero-order valence-corrected chi connectivity index (χ0v) is 15.6. The minimum absolute atomic E-state index is 0.0902. The van der Waals surface area contributed by atoms with Gasteiger partial charge in [-0.15, -0.1) is 0 Å². The lowest BCUT2D eigenvalue weighted by Gasteiger charge is -2.31. The molecule has 0 saturated heterocycles. The summed E-state index contributed by atoms with van der Waals surface area (Å²) in [6.07, 6.45) is 17.5. The molecule has 134 valence electrons. The maximum Gasteiger partial charge on any atom is 0.0692 e. The molecule has 0 amide bonds. The minimum atomic E-state index is -0.659. The predicted molar refractivity (Wildman–Crippen MR) is 97.2 cm³/mol. The van der Waals surface area contributed by atoms with E-state index < -0.39 is 5.60 Å². The standard InChI is InChI=1S/C20H42O2/c1-4-5-6-7-8-9-10-11-12-13-14-15-16-20(22,17-18-21)19(2)3/h19,21-22H,4-18H2,1-3H3. The van der Waals surface area contributed by atoms with Gasteiger partial charge in [-0.3, -0.25) is 0 Å². The number of hydrogen-bond donors (Lipinski definition) is 2. The summed E-state index contributed by atoms with van der Waals surface area (Å²) in [5.74, 6) is 0.229. The zero-order valence-electron chi connectivity index (χ0n) is 15.6. The highest BCUT2D eigenvalue weighted by Crippen LogP contribution is 2.27. The Bertz CT molecular complexity index is 228. The van der Waals surface area contributed by atoms with Gasteiger partial charge in [-0.05, 0) is 18.8 Å². The molecule has 0 aliphatic rings. The van der Waals surface area contributed by atoms with Gasteiger partial charge in [0.05, 0.1) is 5.60 Å². The molecule has 1 unspecified atom stereocenters. The van der Waals surface area contributed by atoms with Gasteiger partial charge >= 0.3 is 0 Å². The molecule has 2 heteroatoms. The molecule has 0 fully saturated rings. The first-order chi connectivity index (χ1) is 10.6. The second-order valence-corrected chi connectivity index (χ2v) is 7.37. The molecule has 0 aliphatic heterocycles. The Labute approximate surface area is 139 Å². The van der Waals surface area contributed by atoms with Crippen LogP contribution in [0, 0.1) is 5.92 Å². The van der Waals surface area contributed by atoms with Crippen molar-refractivity contribution in [2.24, 2.45) is 5.92 Å². The van der Waals surface area contributed by atoms with Crippen molar-refractivity contribution < 1.29 is 10.2 Å². The Kier molecular flexibility index (Phi) is 14.5. The topological polar surface area (TPSA) is 40.5 Å². The summed E-state index contributed by atoms with van der Waals surface area (Å²) in [6.45, 7) is 6.46. The van der Waals surface area contributed by atoms with Crippen LogP contribution in [-0.4, -0.2) is 22.4 Å². The van der Waals surface area contributed by atoms with Crippen molar-refractivity contribution in [2.45, 2.75) is 116 Å². The largest absolute Gasteiger partial charge is 0.396 e. The number of aliphatic hydroxyl groups is 2. The molecule has 0 radical (unpaired) electrons. The Morgan fingerprint density at radius 1 is 0.682 bits per heavy atom. The first-order valence-electron chi connectivity index (χ1n) is 9.90. The lowest BCUT2D eigenvalue weighted by molar-refractivity contribution is -0.0342. The summed E-state index contributed by atoms with van der Waals surface area (Å²) in [5, 5.41) is 19.6. The molecule has 0 aromatic carbocycles. The molecule has 22 heavy (non-hydrogen) atoms. The van der Waals surface area contributed by atoms with Gasteiger partial charge in [0.2, 0.25) is 0 Å². The van der Waals surface area contributed by atoms with Gasteiger partial charge < -0.3 is 10.2 Å². The maximum atomic E-state index is 10.5. The van der Waals surface area contributed by atoms with Crippen LogP contribution in [0.2, 0.25) is 0 Å². The highest BCUT2D eigenvalue weighted by atomic mass is 16.3. The zero-order chi connectivity index (χ0) is 16.7. The van der Waals surface area contributed by atoms with Crippen LogP contribution in [0.1, 0.15) is 111 Å². The summed E-state index contributed by atoms with van der Waals surface area (Å²) < 4.78 is 0. The molecule has 2 nitrogen and oxygen atoms in total. The average molecular weight is 315 g/mol. The van der Waals surface area contributed by atoms with E-state index in [4.69, 9.17) is 5.11 Å². The fourth-order valence-electron chi connectivity index (χ4n) is 3.17. The molecule has 0 aliphatic carbocycles. The van der Waals surface area contributed by atoms with Gasteiger partial charge in [0.1, 0.15) is 0 Å². The van der Waals surface area contributed by atoms with Crippen molar-refractivity contribution in [1.29, 1.82) is 0 Å². The Balaban J connectivity index is 3.39. The first-order valence-corrected chi connectivity index (χ1v) is 9.90. The maximum absolute atomic E-state index is 10.5. The lowest BCUT2D eigenvalue weighted by Crippen LogP contribution is -2.36. The van der Waals surface area contributed by atoms with Gasteiger partial charge in [0, 0.05) is 6.61 Å². The predicted octanol–water partition coefficient (Wildman–Crippen LogP) is 5.85. The number of rotatable bonds is 16. The molecule has 0 aromatic rings. The first kappa shape index (κ1) is 21.9. The van der Waals surface area contributed by atoms with Crippen molar-refractivity contribution >= 4 is 0 Å². The summed E-state index contributed by atoms with van der Waals surface area (Å²) in [4.78, 5) is 0. The van der Waals surface area contributed by atoms with E-state index in [1.807, 2.05) is 0 Å². The fourth-order valence-corrected chi connectivity index (χ4v) is 3.17. The smallest absolute Gasteiger partial charge is 0.0692 e. The molecule has 1 atom stereocenters. The Morgan fingerprint density at radius 3 is 1.45 bits per heavy atom. The summed E-state index contributed by atoms with van der Waals surface area (Å²) >= 11 is 0. The average Bonchev–Trinajstić information content (AvgIpc) is 2.48. The number of aliphatic hydroxyl groups excluding tert-OH is 1. The van der Waals surface area contributed by atoms with E-state index in [0.717, 1.165) is 12.8 Å². The van der Waals surface area contributed by atoms with Crippen molar-refractivity contribution in [3.8, 4) is 0 Å². The molecule has 0 rings (SSSR count). The molecule has 0 saturated carbocycles. The minimum Gasteiger partial charge on any atom is -0.396 e. The summed E-state index contributed by atoms with van der Waals surface area (Å²) in [7, 11) is 0. The van der Waals surface area contributed by atoms with E-state index in [0.29, 0.717) is 6.42 Å². The molecule has 0 heterocycles. The van der Waals surface area contributed by atoms with Crippen LogP contribution in [0.25, 0.3) is 0 Å². The van der Waals surface area contributed by atoms with Crippen molar-refractivity contribution in [1.82, 2.24) is 0 Å². The van der Waals surface area contributed by atoms with E-state index in [-0.39, 0.29) is 12.5 Å². The van der Waals surface area contributed by atoms with E-state index in [9.17, 15) is 5.11 Å². The molecular weight excluding hydrogens is 272 g/mol. The SMILES string of the molecule is CCCCCCCCCCCCCCC(O)(CCO)C(C)C. The van der Waals surface area contributed by atoms with Gasteiger partial charge in [-0.25, -0.2) is 0 Å². The van der Waals surface area contributed by atoms with Crippen LogP contribution in [-0.2, 0) is 0 Å². The van der Waals surface area contributed by atoms with Gasteiger partial charge in [-0.1, -0.05) is 97.8 Å². The van der Waals surface area contributed by atoms with Crippen LogP contribution in [0.3, 0.4) is 0 Å². The lowest BCUT2D eigenvalue weighted by atomic mass is 9.82. The van der Waals surface area contributed by atoms with Crippen LogP contribution in [0.4, 0.5) is 0 Å². The van der Waals surface area contributed by atoms with Gasteiger partial charge in [0.25, 0.3) is 0 Å². The second-order valence-electron chi connectivity index (χ2n) is 7.37. The Morgan fingerprint density at radius 2 is 1.09 bits per heavy atom. The van der Waals surface area contributed by atoms with Crippen LogP contribution < -0.4 is 0 Å². The van der Waals surface area contributed by atoms with E-state index in [1.165, 1.54) is 70.6 Å². The number of unbranched alkanes of at least 4 members (excludes halogenated alkanes) is 11. The normalized spacial score (nSPS) is 14.5. The highest BCUT2D eigenvalue weighted by molar-refractivity contribution is 4.81. The van der Waals surface area contributed by atoms with Crippen LogP contribution in [0.5, 0.6) is 0 Å². The van der Waals surface area contributed by atoms with Crippen molar-refractivity contribution in [3.05, 3.63) is 0 Å². The monoisotopic (exact) mass is 314 g/mol. The number of hydrogen-bond acceptors (Lipinski definition) is 2. The van der Waals surface area contributed by atoms with E-state index >= 15 is 0 Å². The Hall–Kier alpha value is -0.0800. The highest BCUT2D eigenvalue weighted by Gasteiger charge is 2.29. The van der Waals surface area contributed by atoms with Crippen LogP contribution in [0.15, 0.2) is 0 Å². The molecule has 0 bridgehead atoms. The van der Waals surface area contributed by atoms with E-state index in [2.05, 4.69) is 20.8 Å². The van der Waals surface area contributed by atoms with Gasteiger partial charge in [0.15, 0.2) is 0 Å². The third kappa shape index (κ3) is 11.5. The molecular formula is C20H42O2. The summed E-state index contributed by atoms with van der Waals surface area (Å²) in [6, 6.07) is 0. The quantitative estimate of drug-likeness (QED) is 0.351. The van der Waals surface area contributed by atoms with Crippen LogP contribution >= 0.6 is 0 Å². The van der Waals surface area contributed by atoms with Gasteiger partial charge in [-0.2, -0.15) is 0 Å². The molecule has 0 spiro atoms. The molecule has 0 aromatic heterocycles. The third-order valence-corrected chi connectivity index (χ3v) is 5.08. The fraction of sp³-hybridized carbons (Fsp3) is 1.00. The summed E-state index contributed by atoms with van der Waals surface area (Å²) in [5.41, 5.74) is -0.659. The second kappa shape index (κ2) is 14.5. The third-order valence-electron chi connectivity index (χ3n) is 5.08. The van der Waals surface area contributed by atoms with Crippen molar-refractivity contribution in [3.63, 3.8) is 0 Å². The van der Waals surface area contributed by atoms with Crippen molar-refractivity contribution in [2.75, 3.05) is 6.61 Å².